The lowest BCUT2D eigenvalue weighted by Gasteiger charge is -2.32. The average Bonchev–Trinajstić information content (AvgIpc) is 2.78. The molecule has 4 nitrogen and oxygen atoms in total. The van der Waals surface area contributed by atoms with Gasteiger partial charge in [-0.2, -0.15) is 0 Å². The molecular weight excluding hydrogens is 214 g/mol. The molecule has 0 aromatic carbocycles. The van der Waals surface area contributed by atoms with E-state index in [1.807, 2.05) is 11.8 Å². The van der Waals surface area contributed by atoms with E-state index in [1.165, 1.54) is 12.8 Å². The van der Waals surface area contributed by atoms with Crippen molar-refractivity contribution in [2.75, 3.05) is 19.6 Å². The second-order valence-electron chi connectivity index (χ2n) is 5.81. The summed E-state index contributed by atoms with van der Waals surface area (Å²) >= 11 is 0. The monoisotopic (exact) mass is 241 g/mol. The van der Waals surface area contributed by atoms with Gasteiger partial charge >= 0.3 is 6.03 Å². The summed E-state index contributed by atoms with van der Waals surface area (Å²) in [7, 11) is 0. The fourth-order valence-electron chi connectivity index (χ4n) is 2.24. The highest BCUT2D eigenvalue weighted by atomic mass is 16.2. The molecule has 0 spiro atoms. The minimum absolute atomic E-state index is 0.0109. The Balaban J connectivity index is 2.45. The number of amides is 2. The number of rotatable bonds is 5. The smallest absolute Gasteiger partial charge is 0.317 e. The summed E-state index contributed by atoms with van der Waals surface area (Å²) in [5.74, 6) is 0. The van der Waals surface area contributed by atoms with Crippen LogP contribution in [-0.2, 0) is 0 Å². The summed E-state index contributed by atoms with van der Waals surface area (Å²) in [4.78, 5) is 14.0. The Morgan fingerprint density at radius 2 is 2.00 bits per heavy atom. The molecule has 0 heterocycles. The molecule has 0 aromatic heterocycles. The van der Waals surface area contributed by atoms with E-state index < -0.39 is 0 Å². The van der Waals surface area contributed by atoms with E-state index >= 15 is 0 Å². The van der Waals surface area contributed by atoms with Crippen LogP contribution in [0.4, 0.5) is 4.79 Å². The third kappa shape index (κ3) is 4.54. The Hall–Kier alpha value is -0.770. The van der Waals surface area contributed by atoms with Gasteiger partial charge in [0.15, 0.2) is 0 Å². The number of nitrogens with zero attached hydrogens (tertiary/aromatic N) is 1. The van der Waals surface area contributed by atoms with Crippen molar-refractivity contribution in [2.45, 2.75) is 52.5 Å². The van der Waals surface area contributed by atoms with Crippen LogP contribution in [0.2, 0.25) is 0 Å². The lowest BCUT2D eigenvalue weighted by atomic mass is 9.93. The normalized spacial score (nSPS) is 17.2. The van der Waals surface area contributed by atoms with Crippen molar-refractivity contribution in [3.05, 3.63) is 0 Å². The Labute approximate surface area is 105 Å². The van der Waals surface area contributed by atoms with Crippen LogP contribution in [0.5, 0.6) is 0 Å². The molecule has 4 heteroatoms. The first-order valence-electron chi connectivity index (χ1n) is 6.74. The van der Waals surface area contributed by atoms with Crippen molar-refractivity contribution >= 4 is 6.03 Å². The molecule has 2 amide bonds. The third-order valence-corrected chi connectivity index (χ3v) is 3.52. The molecule has 0 bridgehead atoms. The highest BCUT2D eigenvalue weighted by Crippen LogP contribution is 2.19. The molecule has 0 unspecified atom stereocenters. The van der Waals surface area contributed by atoms with Gasteiger partial charge in [0.05, 0.1) is 0 Å². The Bertz CT molecular complexity index is 247. The van der Waals surface area contributed by atoms with E-state index in [9.17, 15) is 4.79 Å². The van der Waals surface area contributed by atoms with E-state index in [-0.39, 0.29) is 11.4 Å². The zero-order chi connectivity index (χ0) is 12.9. The molecule has 1 aliphatic rings. The number of carbonyl (C=O) groups excluding carboxylic acids is 1. The fraction of sp³-hybridized carbons (Fsp3) is 0.923. The maximum Gasteiger partial charge on any atom is 0.317 e. The SMILES string of the molecule is CCN(CC(C)(C)CN)C(=O)NC1CCCC1. The molecule has 1 aliphatic carbocycles. The van der Waals surface area contributed by atoms with E-state index in [0.717, 1.165) is 25.9 Å². The van der Waals surface area contributed by atoms with Crippen LogP contribution in [0.25, 0.3) is 0 Å². The zero-order valence-corrected chi connectivity index (χ0v) is 11.5. The van der Waals surface area contributed by atoms with Gasteiger partial charge < -0.3 is 16.0 Å². The van der Waals surface area contributed by atoms with Crippen LogP contribution in [-0.4, -0.2) is 36.6 Å². The quantitative estimate of drug-likeness (QED) is 0.773. The third-order valence-electron chi connectivity index (χ3n) is 3.52. The van der Waals surface area contributed by atoms with Crippen molar-refractivity contribution in [2.24, 2.45) is 11.1 Å². The molecule has 0 radical (unpaired) electrons. The molecule has 0 aromatic rings. The van der Waals surface area contributed by atoms with Gasteiger partial charge in [0.1, 0.15) is 0 Å². The molecule has 0 atom stereocenters. The minimum atomic E-state index is -0.0109. The van der Waals surface area contributed by atoms with Crippen LogP contribution in [0.1, 0.15) is 46.5 Å². The highest BCUT2D eigenvalue weighted by molar-refractivity contribution is 5.74. The van der Waals surface area contributed by atoms with Gasteiger partial charge in [0.25, 0.3) is 0 Å². The highest BCUT2D eigenvalue weighted by Gasteiger charge is 2.25. The molecule has 1 rings (SSSR count). The summed E-state index contributed by atoms with van der Waals surface area (Å²) in [6.07, 6.45) is 4.74. The number of carbonyl (C=O) groups is 1. The zero-order valence-electron chi connectivity index (χ0n) is 11.5. The Morgan fingerprint density at radius 1 is 1.41 bits per heavy atom. The molecule has 17 heavy (non-hydrogen) atoms. The first-order valence-corrected chi connectivity index (χ1v) is 6.74. The molecular formula is C13H27N3O. The summed E-state index contributed by atoms with van der Waals surface area (Å²) in [5, 5.41) is 3.12. The standard InChI is InChI=1S/C13H27N3O/c1-4-16(10-13(2,3)9-14)12(17)15-11-7-5-6-8-11/h11H,4-10,14H2,1-3H3,(H,15,17). The number of urea groups is 1. The molecule has 3 N–H and O–H groups in total. The number of hydrogen-bond acceptors (Lipinski definition) is 2. The molecule has 100 valence electrons. The van der Waals surface area contributed by atoms with E-state index in [4.69, 9.17) is 5.73 Å². The van der Waals surface area contributed by atoms with E-state index in [1.54, 1.807) is 0 Å². The van der Waals surface area contributed by atoms with Crippen LogP contribution >= 0.6 is 0 Å². The van der Waals surface area contributed by atoms with Crippen molar-refractivity contribution in [1.82, 2.24) is 10.2 Å². The van der Waals surface area contributed by atoms with Gasteiger partial charge in [-0.15, -0.1) is 0 Å². The van der Waals surface area contributed by atoms with Gasteiger partial charge in [-0.05, 0) is 31.7 Å². The van der Waals surface area contributed by atoms with Gasteiger partial charge in [0, 0.05) is 19.1 Å². The predicted octanol–water partition coefficient (Wildman–Crippen LogP) is 1.95. The van der Waals surface area contributed by atoms with Crippen LogP contribution < -0.4 is 11.1 Å². The second kappa shape index (κ2) is 6.24. The van der Waals surface area contributed by atoms with Gasteiger partial charge in [-0.25, -0.2) is 4.79 Å². The number of hydrogen-bond donors (Lipinski definition) is 2. The lowest BCUT2D eigenvalue weighted by molar-refractivity contribution is 0.170. The van der Waals surface area contributed by atoms with Gasteiger partial charge in [0.2, 0.25) is 0 Å². The van der Waals surface area contributed by atoms with E-state index in [2.05, 4.69) is 19.2 Å². The summed E-state index contributed by atoms with van der Waals surface area (Å²) in [5.41, 5.74) is 5.70. The summed E-state index contributed by atoms with van der Waals surface area (Å²) in [6, 6.07) is 0.457. The largest absolute Gasteiger partial charge is 0.335 e. The second-order valence-corrected chi connectivity index (χ2v) is 5.81. The number of nitrogens with one attached hydrogen (secondary N) is 1. The van der Waals surface area contributed by atoms with Gasteiger partial charge in [-0.3, -0.25) is 0 Å². The summed E-state index contributed by atoms with van der Waals surface area (Å²) < 4.78 is 0. The maximum absolute atomic E-state index is 12.1. The molecule has 1 saturated carbocycles. The maximum atomic E-state index is 12.1. The first kappa shape index (κ1) is 14.3. The topological polar surface area (TPSA) is 58.4 Å². The fourth-order valence-corrected chi connectivity index (χ4v) is 2.24. The van der Waals surface area contributed by atoms with Crippen molar-refractivity contribution in [3.8, 4) is 0 Å². The van der Waals surface area contributed by atoms with E-state index in [0.29, 0.717) is 12.6 Å². The van der Waals surface area contributed by atoms with Crippen molar-refractivity contribution in [3.63, 3.8) is 0 Å². The van der Waals surface area contributed by atoms with Crippen molar-refractivity contribution in [1.29, 1.82) is 0 Å². The minimum Gasteiger partial charge on any atom is -0.335 e. The predicted molar refractivity (Wildman–Crippen MR) is 70.9 cm³/mol. The van der Waals surface area contributed by atoms with Crippen molar-refractivity contribution < 1.29 is 4.79 Å². The van der Waals surface area contributed by atoms with Crippen LogP contribution in [0.3, 0.4) is 0 Å². The average molecular weight is 241 g/mol. The van der Waals surface area contributed by atoms with Crippen LogP contribution in [0, 0.1) is 5.41 Å². The van der Waals surface area contributed by atoms with Crippen LogP contribution in [0.15, 0.2) is 0 Å². The molecule has 1 fully saturated rings. The first-order chi connectivity index (χ1) is 7.98. The summed E-state index contributed by atoms with van der Waals surface area (Å²) in [6.45, 7) is 8.26. The number of nitrogens with two attached hydrogens (primary N) is 1. The van der Waals surface area contributed by atoms with Gasteiger partial charge in [-0.1, -0.05) is 26.7 Å². The lowest BCUT2D eigenvalue weighted by Crippen LogP contribution is -2.48. The molecule has 0 saturated heterocycles. The molecule has 0 aliphatic heterocycles. The Kier molecular flexibility index (Phi) is 5.25. The Morgan fingerprint density at radius 3 is 2.47 bits per heavy atom.